The average molecular weight is 410 g/mol. The summed E-state index contributed by atoms with van der Waals surface area (Å²) in [6.45, 7) is 5.65. The van der Waals surface area contributed by atoms with Crippen molar-refractivity contribution < 1.29 is 10.2 Å². The lowest BCUT2D eigenvalue weighted by atomic mass is 10.1. The van der Waals surface area contributed by atoms with Crippen LogP contribution < -0.4 is 0 Å². The molecule has 0 atom stereocenters. The average Bonchev–Trinajstić information content (AvgIpc) is 2.76. The minimum absolute atomic E-state index is 0.0868. The van der Waals surface area contributed by atoms with Crippen LogP contribution in [0, 0.1) is 20.8 Å². The summed E-state index contributed by atoms with van der Waals surface area (Å²) in [5.74, 6) is 0.278. The number of hydrogen-bond acceptors (Lipinski definition) is 6. The second-order valence-corrected chi connectivity index (χ2v) is 7.40. The quantitative estimate of drug-likeness (QED) is 0.334. The van der Waals surface area contributed by atoms with Crippen LogP contribution in [0.3, 0.4) is 0 Å². The van der Waals surface area contributed by atoms with Crippen molar-refractivity contribution in [3.8, 4) is 11.5 Å². The Balaban J connectivity index is 1.66. The molecule has 2 N–H and O–H groups in total. The van der Waals surface area contributed by atoms with E-state index in [-0.39, 0.29) is 11.5 Å². The molecule has 0 fully saturated rings. The molecule has 0 saturated carbocycles. The maximum absolute atomic E-state index is 10.3. The fourth-order valence-corrected chi connectivity index (χ4v) is 3.28. The zero-order chi connectivity index (χ0) is 22.0. The van der Waals surface area contributed by atoms with Gasteiger partial charge in [-0.1, -0.05) is 36.4 Å². The molecule has 0 radical (unpaired) electrons. The predicted octanol–water partition coefficient (Wildman–Crippen LogP) is 8.01. The van der Waals surface area contributed by atoms with Gasteiger partial charge in [0.2, 0.25) is 0 Å². The molecule has 31 heavy (non-hydrogen) atoms. The molecule has 6 heteroatoms. The van der Waals surface area contributed by atoms with E-state index in [1.807, 2.05) is 56.3 Å². The van der Waals surface area contributed by atoms with E-state index >= 15 is 0 Å². The lowest BCUT2D eigenvalue weighted by Crippen LogP contribution is -1.80. The summed E-state index contributed by atoms with van der Waals surface area (Å²) in [4.78, 5) is 0. The highest BCUT2D eigenvalue weighted by Crippen LogP contribution is 2.37. The number of aromatic hydroxyl groups is 2. The van der Waals surface area contributed by atoms with Gasteiger partial charge in [0.05, 0.1) is 17.1 Å². The Bertz CT molecular complexity index is 1340. The number of azo groups is 2. The molecule has 6 nitrogen and oxygen atoms in total. The summed E-state index contributed by atoms with van der Waals surface area (Å²) < 4.78 is 0. The largest absolute Gasteiger partial charge is 0.508 e. The van der Waals surface area contributed by atoms with E-state index in [2.05, 4.69) is 20.5 Å². The Labute approximate surface area is 180 Å². The number of benzene rings is 4. The monoisotopic (exact) mass is 410 g/mol. The van der Waals surface area contributed by atoms with Crippen LogP contribution in [0.4, 0.5) is 22.7 Å². The Morgan fingerprint density at radius 1 is 0.581 bits per heavy atom. The first-order chi connectivity index (χ1) is 14.9. The lowest BCUT2D eigenvalue weighted by molar-refractivity contribution is 0.471. The Morgan fingerprint density at radius 3 is 1.97 bits per heavy atom. The molecule has 0 unspecified atom stereocenters. The van der Waals surface area contributed by atoms with Gasteiger partial charge >= 0.3 is 0 Å². The van der Waals surface area contributed by atoms with Gasteiger partial charge in [-0.2, -0.15) is 15.3 Å². The van der Waals surface area contributed by atoms with E-state index in [0.29, 0.717) is 28.3 Å². The van der Waals surface area contributed by atoms with E-state index in [4.69, 9.17) is 0 Å². The van der Waals surface area contributed by atoms with E-state index in [1.165, 1.54) is 0 Å². The van der Waals surface area contributed by atoms with Gasteiger partial charge in [-0.15, -0.1) is 5.11 Å². The molecule has 154 valence electrons. The van der Waals surface area contributed by atoms with E-state index in [9.17, 15) is 10.2 Å². The number of fused-ring (bicyclic) bond motifs is 1. The van der Waals surface area contributed by atoms with Crippen molar-refractivity contribution in [2.75, 3.05) is 0 Å². The van der Waals surface area contributed by atoms with Crippen molar-refractivity contribution in [2.45, 2.75) is 20.8 Å². The molecule has 0 heterocycles. The standard InChI is InChI=1S/C25H22N4O2/c1-15-14-22(28-29-25-19-8-5-4-7-18(19)11-12-24(25)31)16(2)13-21(15)27-26-20-9-6-10-23(30)17(20)3/h4-14,30-31H,1-3H3. The second-order valence-electron chi connectivity index (χ2n) is 7.40. The number of hydrogen-bond donors (Lipinski definition) is 2. The molecule has 0 amide bonds. The van der Waals surface area contributed by atoms with Crippen LogP contribution in [0.2, 0.25) is 0 Å². The molecule has 0 saturated heterocycles. The van der Waals surface area contributed by atoms with E-state index in [1.54, 1.807) is 31.2 Å². The molecule has 4 aromatic rings. The SMILES string of the molecule is Cc1cc(N=Nc2c(O)ccc3ccccc23)c(C)cc1N=Nc1cccc(O)c1C. The van der Waals surface area contributed by atoms with Gasteiger partial charge in [0.25, 0.3) is 0 Å². The van der Waals surface area contributed by atoms with E-state index < -0.39 is 0 Å². The number of aryl methyl sites for hydroxylation is 2. The van der Waals surface area contributed by atoms with Gasteiger partial charge in [-0.3, -0.25) is 0 Å². The second kappa shape index (κ2) is 8.36. The molecule has 4 rings (SSSR count). The van der Waals surface area contributed by atoms with Crippen molar-refractivity contribution in [3.05, 3.63) is 83.4 Å². The number of phenols is 2. The summed E-state index contributed by atoms with van der Waals surface area (Å²) in [5.41, 5.74) is 4.93. The van der Waals surface area contributed by atoms with Gasteiger partial charge in [0, 0.05) is 10.9 Å². The highest BCUT2D eigenvalue weighted by atomic mass is 16.3. The topological polar surface area (TPSA) is 89.9 Å². The zero-order valence-corrected chi connectivity index (χ0v) is 17.5. The third kappa shape index (κ3) is 4.14. The van der Waals surface area contributed by atoms with Crippen molar-refractivity contribution in [3.63, 3.8) is 0 Å². The third-order valence-corrected chi connectivity index (χ3v) is 5.19. The molecule has 0 aromatic heterocycles. The van der Waals surface area contributed by atoms with Crippen molar-refractivity contribution >= 4 is 33.5 Å². The fourth-order valence-electron chi connectivity index (χ4n) is 3.28. The Morgan fingerprint density at radius 2 is 1.23 bits per heavy atom. The van der Waals surface area contributed by atoms with Crippen LogP contribution in [-0.2, 0) is 0 Å². The molecule has 0 aliphatic heterocycles. The van der Waals surface area contributed by atoms with Gasteiger partial charge in [0.1, 0.15) is 17.2 Å². The summed E-state index contributed by atoms with van der Waals surface area (Å²) in [5, 5.41) is 39.3. The molecule has 0 spiro atoms. The van der Waals surface area contributed by atoms with E-state index in [0.717, 1.165) is 21.9 Å². The number of phenolic OH excluding ortho intramolecular Hbond substituents is 2. The predicted molar refractivity (Wildman–Crippen MR) is 123 cm³/mol. The minimum atomic E-state index is 0.0868. The molecular weight excluding hydrogens is 388 g/mol. The molecule has 0 bridgehead atoms. The highest BCUT2D eigenvalue weighted by Gasteiger charge is 2.08. The molecule has 4 aromatic carbocycles. The van der Waals surface area contributed by atoms with Crippen molar-refractivity contribution in [1.82, 2.24) is 0 Å². The maximum Gasteiger partial charge on any atom is 0.143 e. The van der Waals surface area contributed by atoms with Crippen LogP contribution in [0.15, 0.2) is 87.2 Å². The van der Waals surface area contributed by atoms with Gasteiger partial charge in [-0.25, -0.2) is 0 Å². The minimum Gasteiger partial charge on any atom is -0.508 e. The molecule has 0 aliphatic carbocycles. The Kier molecular flexibility index (Phi) is 5.45. The highest BCUT2D eigenvalue weighted by molar-refractivity contribution is 5.95. The first-order valence-corrected chi connectivity index (χ1v) is 9.88. The lowest BCUT2D eigenvalue weighted by Gasteiger charge is -2.07. The third-order valence-electron chi connectivity index (χ3n) is 5.19. The number of rotatable bonds is 4. The molecule has 0 aliphatic rings. The van der Waals surface area contributed by atoms with Crippen LogP contribution >= 0.6 is 0 Å². The zero-order valence-electron chi connectivity index (χ0n) is 17.5. The van der Waals surface area contributed by atoms with Gasteiger partial charge in [-0.05, 0) is 67.6 Å². The summed E-state index contributed by atoms with van der Waals surface area (Å²) in [6, 6.07) is 20.2. The fraction of sp³-hybridized carbons (Fsp3) is 0.120. The van der Waals surface area contributed by atoms with Crippen molar-refractivity contribution in [1.29, 1.82) is 0 Å². The summed E-state index contributed by atoms with van der Waals surface area (Å²) in [7, 11) is 0. The van der Waals surface area contributed by atoms with Crippen LogP contribution in [0.5, 0.6) is 11.5 Å². The number of nitrogens with zero attached hydrogens (tertiary/aromatic N) is 4. The van der Waals surface area contributed by atoms with Crippen molar-refractivity contribution in [2.24, 2.45) is 20.5 Å². The van der Waals surface area contributed by atoms with Gasteiger partial charge in [0.15, 0.2) is 0 Å². The normalized spacial score (nSPS) is 11.7. The first-order valence-electron chi connectivity index (χ1n) is 9.88. The summed E-state index contributed by atoms with van der Waals surface area (Å²) >= 11 is 0. The van der Waals surface area contributed by atoms with Crippen LogP contribution in [0.1, 0.15) is 16.7 Å². The van der Waals surface area contributed by atoms with Crippen LogP contribution in [-0.4, -0.2) is 10.2 Å². The first kappa shape index (κ1) is 20.2. The Hall–Kier alpha value is -4.06. The van der Waals surface area contributed by atoms with Gasteiger partial charge < -0.3 is 10.2 Å². The summed E-state index contributed by atoms with van der Waals surface area (Å²) in [6.07, 6.45) is 0. The van der Waals surface area contributed by atoms with Crippen LogP contribution in [0.25, 0.3) is 10.8 Å². The molecular formula is C25H22N4O2. The maximum atomic E-state index is 10.3. The smallest absolute Gasteiger partial charge is 0.143 e.